The zero-order valence-corrected chi connectivity index (χ0v) is 17.2. The molecule has 0 saturated carbocycles. The molecule has 1 aromatic carbocycles. The van der Waals surface area contributed by atoms with Gasteiger partial charge >= 0.3 is 5.97 Å². The van der Waals surface area contributed by atoms with Gasteiger partial charge in [-0.3, -0.25) is 9.59 Å². The third-order valence-electron chi connectivity index (χ3n) is 5.26. The largest absolute Gasteiger partial charge is 0.466 e. The van der Waals surface area contributed by atoms with Crippen molar-refractivity contribution in [2.24, 2.45) is 5.92 Å². The Morgan fingerprint density at radius 3 is 2.55 bits per heavy atom. The summed E-state index contributed by atoms with van der Waals surface area (Å²) < 4.78 is 5.12. The van der Waals surface area contributed by atoms with Crippen molar-refractivity contribution in [1.29, 1.82) is 0 Å². The molecule has 0 bridgehead atoms. The number of hydrogen-bond acceptors (Lipinski definition) is 5. The lowest BCUT2D eigenvalue weighted by molar-refractivity contribution is -0.148. The zero-order valence-electron chi connectivity index (χ0n) is 17.2. The van der Waals surface area contributed by atoms with E-state index < -0.39 is 0 Å². The molecule has 0 atom stereocenters. The minimum atomic E-state index is -0.0900. The SMILES string of the molecule is CCOC(=O)C1CCN(c2ccc(NC(=O)Cc3cccc(CC)c3)nc2)CC1. The van der Waals surface area contributed by atoms with Crippen LogP contribution < -0.4 is 10.2 Å². The Labute approximate surface area is 172 Å². The number of carbonyl (C=O) groups excluding carboxylic acids is 2. The molecule has 6 heteroatoms. The summed E-state index contributed by atoms with van der Waals surface area (Å²) in [6.45, 7) is 5.96. The second-order valence-electron chi connectivity index (χ2n) is 7.31. The molecular formula is C23H29N3O3. The third-order valence-corrected chi connectivity index (χ3v) is 5.26. The Morgan fingerprint density at radius 2 is 1.90 bits per heavy atom. The molecule has 1 fully saturated rings. The van der Waals surface area contributed by atoms with E-state index in [4.69, 9.17) is 4.74 Å². The van der Waals surface area contributed by atoms with E-state index in [2.05, 4.69) is 34.3 Å². The van der Waals surface area contributed by atoms with Crippen molar-refractivity contribution in [1.82, 2.24) is 4.98 Å². The number of amides is 1. The summed E-state index contributed by atoms with van der Waals surface area (Å²) in [7, 11) is 0. The highest BCUT2D eigenvalue weighted by Crippen LogP contribution is 2.24. The Balaban J connectivity index is 1.51. The van der Waals surface area contributed by atoms with E-state index in [0.717, 1.165) is 43.6 Å². The molecule has 2 heterocycles. The van der Waals surface area contributed by atoms with Crippen LogP contribution in [-0.4, -0.2) is 36.6 Å². The van der Waals surface area contributed by atoms with Crippen molar-refractivity contribution in [3.63, 3.8) is 0 Å². The average molecular weight is 396 g/mol. The molecule has 1 amide bonds. The van der Waals surface area contributed by atoms with E-state index in [0.29, 0.717) is 18.8 Å². The number of aromatic nitrogens is 1. The van der Waals surface area contributed by atoms with Crippen molar-refractivity contribution in [3.05, 3.63) is 53.7 Å². The van der Waals surface area contributed by atoms with E-state index in [1.54, 1.807) is 6.20 Å². The summed E-state index contributed by atoms with van der Waals surface area (Å²) in [5.74, 6) is 0.372. The molecule has 0 spiro atoms. The number of nitrogens with one attached hydrogen (secondary N) is 1. The lowest BCUT2D eigenvalue weighted by atomic mass is 9.97. The fourth-order valence-electron chi connectivity index (χ4n) is 3.61. The Kier molecular flexibility index (Phi) is 7.22. The molecule has 1 N–H and O–H groups in total. The molecule has 0 aliphatic carbocycles. The van der Waals surface area contributed by atoms with Gasteiger partial charge in [-0.25, -0.2) is 4.98 Å². The number of ether oxygens (including phenoxy) is 1. The van der Waals surface area contributed by atoms with E-state index >= 15 is 0 Å². The van der Waals surface area contributed by atoms with E-state index in [1.165, 1.54) is 5.56 Å². The minimum Gasteiger partial charge on any atom is -0.466 e. The lowest BCUT2D eigenvalue weighted by Gasteiger charge is -2.32. The van der Waals surface area contributed by atoms with Crippen molar-refractivity contribution in [3.8, 4) is 0 Å². The molecular weight excluding hydrogens is 366 g/mol. The van der Waals surface area contributed by atoms with Crippen LogP contribution in [0.25, 0.3) is 0 Å². The third kappa shape index (κ3) is 5.79. The summed E-state index contributed by atoms with van der Waals surface area (Å²) in [4.78, 5) is 30.8. The van der Waals surface area contributed by atoms with Crippen LogP contribution in [0, 0.1) is 5.92 Å². The first kappa shape index (κ1) is 20.8. The maximum absolute atomic E-state index is 12.3. The lowest BCUT2D eigenvalue weighted by Crippen LogP contribution is -2.37. The number of rotatable bonds is 7. The van der Waals surface area contributed by atoms with E-state index in [9.17, 15) is 9.59 Å². The molecule has 29 heavy (non-hydrogen) atoms. The molecule has 154 valence electrons. The van der Waals surface area contributed by atoms with E-state index in [-0.39, 0.29) is 17.8 Å². The highest BCUT2D eigenvalue weighted by Gasteiger charge is 2.26. The molecule has 1 saturated heterocycles. The predicted molar refractivity (Wildman–Crippen MR) is 114 cm³/mol. The van der Waals surface area contributed by atoms with Gasteiger partial charge in [-0.15, -0.1) is 0 Å². The smallest absolute Gasteiger partial charge is 0.309 e. The van der Waals surface area contributed by atoms with Gasteiger partial charge in [0, 0.05) is 13.1 Å². The van der Waals surface area contributed by atoms with Gasteiger partial charge in [0.1, 0.15) is 5.82 Å². The number of piperidine rings is 1. The number of benzene rings is 1. The monoisotopic (exact) mass is 395 g/mol. The predicted octanol–water partition coefficient (Wildman–Crippen LogP) is 3.60. The van der Waals surface area contributed by atoms with Crippen molar-refractivity contribution >= 4 is 23.4 Å². The second kappa shape index (κ2) is 10.0. The first-order valence-electron chi connectivity index (χ1n) is 10.3. The number of esters is 1. The van der Waals surface area contributed by atoms with E-state index in [1.807, 2.05) is 31.2 Å². The van der Waals surface area contributed by atoms with Gasteiger partial charge in [0.15, 0.2) is 0 Å². The number of carbonyl (C=O) groups is 2. The maximum Gasteiger partial charge on any atom is 0.309 e. The van der Waals surface area contributed by atoms with Gasteiger partial charge in [-0.2, -0.15) is 0 Å². The van der Waals surface area contributed by atoms with Crippen LogP contribution in [-0.2, 0) is 27.2 Å². The highest BCUT2D eigenvalue weighted by molar-refractivity contribution is 5.91. The van der Waals surface area contributed by atoms with Crippen LogP contribution in [0.4, 0.5) is 11.5 Å². The molecule has 0 unspecified atom stereocenters. The first-order valence-corrected chi connectivity index (χ1v) is 10.3. The molecule has 1 aliphatic rings. The summed E-state index contributed by atoms with van der Waals surface area (Å²) >= 11 is 0. The highest BCUT2D eigenvalue weighted by atomic mass is 16.5. The maximum atomic E-state index is 12.3. The molecule has 2 aromatic rings. The van der Waals surface area contributed by atoms with Gasteiger partial charge in [0.05, 0.1) is 30.8 Å². The van der Waals surface area contributed by atoms with Gasteiger partial charge in [0.25, 0.3) is 0 Å². The summed E-state index contributed by atoms with van der Waals surface area (Å²) in [6.07, 6.45) is 4.63. The van der Waals surface area contributed by atoms with Crippen LogP contribution >= 0.6 is 0 Å². The van der Waals surface area contributed by atoms with Gasteiger partial charge in [-0.05, 0) is 49.4 Å². The first-order chi connectivity index (χ1) is 14.1. The Hall–Kier alpha value is -2.89. The zero-order chi connectivity index (χ0) is 20.6. The Morgan fingerprint density at radius 1 is 1.14 bits per heavy atom. The molecule has 3 rings (SSSR count). The van der Waals surface area contributed by atoms with Crippen molar-refractivity contribution in [2.75, 3.05) is 29.9 Å². The normalized spacial score (nSPS) is 14.5. The summed E-state index contributed by atoms with van der Waals surface area (Å²) in [5.41, 5.74) is 3.23. The molecule has 6 nitrogen and oxygen atoms in total. The Bertz CT molecular complexity index is 828. The van der Waals surface area contributed by atoms with Crippen LogP contribution in [0.5, 0.6) is 0 Å². The van der Waals surface area contributed by atoms with Crippen LogP contribution in [0.1, 0.15) is 37.8 Å². The summed E-state index contributed by atoms with van der Waals surface area (Å²) in [6, 6.07) is 11.9. The fraction of sp³-hybridized carbons (Fsp3) is 0.435. The number of nitrogens with zero attached hydrogens (tertiary/aromatic N) is 2. The molecule has 1 aliphatic heterocycles. The average Bonchev–Trinajstić information content (AvgIpc) is 2.74. The van der Waals surface area contributed by atoms with Gasteiger partial charge < -0.3 is 15.0 Å². The number of aryl methyl sites for hydroxylation is 1. The summed E-state index contributed by atoms with van der Waals surface area (Å²) in [5, 5.41) is 2.86. The standard InChI is InChI=1S/C23H29N3O3/c1-3-17-6-5-7-18(14-17)15-22(27)25-21-9-8-20(16-24-21)26-12-10-19(11-13-26)23(28)29-4-2/h5-9,14,16,19H,3-4,10-13,15H2,1-2H3,(H,24,25,27). The molecule has 1 aromatic heterocycles. The fourth-order valence-corrected chi connectivity index (χ4v) is 3.61. The van der Waals surface area contributed by atoms with Crippen molar-refractivity contribution in [2.45, 2.75) is 39.5 Å². The quantitative estimate of drug-likeness (QED) is 0.725. The van der Waals surface area contributed by atoms with Crippen LogP contribution in [0.3, 0.4) is 0 Å². The number of pyridine rings is 1. The second-order valence-corrected chi connectivity index (χ2v) is 7.31. The van der Waals surface area contributed by atoms with Crippen molar-refractivity contribution < 1.29 is 14.3 Å². The van der Waals surface area contributed by atoms with Crippen LogP contribution in [0.15, 0.2) is 42.6 Å². The van der Waals surface area contributed by atoms with Crippen LogP contribution in [0.2, 0.25) is 0 Å². The number of anilines is 2. The minimum absolute atomic E-state index is 0.0102. The number of hydrogen-bond donors (Lipinski definition) is 1. The molecule has 0 radical (unpaired) electrons. The topological polar surface area (TPSA) is 71.5 Å². The van der Waals surface area contributed by atoms with Gasteiger partial charge in [0.2, 0.25) is 5.91 Å². The van der Waals surface area contributed by atoms with Gasteiger partial charge in [-0.1, -0.05) is 31.2 Å².